The Morgan fingerprint density at radius 1 is 1.64 bits per heavy atom. The van der Waals surface area contributed by atoms with Crippen LogP contribution in [-0.2, 0) is 16.0 Å². The summed E-state index contributed by atoms with van der Waals surface area (Å²) in [6, 6.07) is 0. The van der Waals surface area contributed by atoms with Crippen molar-refractivity contribution < 1.29 is 19.1 Å². The Morgan fingerprint density at radius 2 is 2.43 bits per heavy atom. The molecule has 6 nitrogen and oxygen atoms in total. The maximum Gasteiger partial charge on any atom is 0.314 e. The van der Waals surface area contributed by atoms with Gasteiger partial charge in [-0.15, -0.1) is 10.2 Å². The van der Waals surface area contributed by atoms with Crippen LogP contribution < -0.4 is 0 Å². The molecule has 7 heteroatoms. The largest absolute Gasteiger partial charge is 0.481 e. The molecule has 0 unspecified atom stereocenters. The number of ether oxygens (including phenoxy) is 1. The maximum absolute atomic E-state index is 10.2. The number of nitrogens with zero attached hydrogens (tertiary/aromatic N) is 2. The van der Waals surface area contributed by atoms with Gasteiger partial charge in [-0.1, -0.05) is 11.8 Å². The summed E-state index contributed by atoms with van der Waals surface area (Å²) in [4.78, 5) is 10.2. The van der Waals surface area contributed by atoms with Crippen molar-refractivity contribution >= 4 is 17.7 Å². The number of aromatic nitrogens is 2. The normalized spacial score (nSPS) is 10.4. The van der Waals surface area contributed by atoms with Gasteiger partial charge in [0.15, 0.2) is 0 Å². The first-order valence-electron chi connectivity index (χ1n) is 3.88. The molecule has 0 saturated heterocycles. The van der Waals surface area contributed by atoms with E-state index in [1.807, 2.05) is 0 Å². The molecule has 1 heterocycles. The highest BCUT2D eigenvalue weighted by molar-refractivity contribution is 7.99. The number of carboxylic acids is 1. The highest BCUT2D eigenvalue weighted by atomic mass is 32.2. The Balaban J connectivity index is 2.38. The predicted octanol–water partition coefficient (Wildman–Crippen LogP) is 0.435. The average Bonchev–Trinajstić information content (AvgIpc) is 2.59. The van der Waals surface area contributed by atoms with Gasteiger partial charge in [0.1, 0.15) is 5.75 Å². The van der Waals surface area contributed by atoms with Crippen molar-refractivity contribution in [1.82, 2.24) is 10.2 Å². The van der Waals surface area contributed by atoms with Crippen LogP contribution in [0.15, 0.2) is 9.64 Å². The van der Waals surface area contributed by atoms with Gasteiger partial charge in [-0.3, -0.25) is 4.79 Å². The SMILES string of the molecule is COCCc1nnc(SCC(=O)O)o1. The van der Waals surface area contributed by atoms with Crippen molar-refractivity contribution in [2.75, 3.05) is 19.5 Å². The fraction of sp³-hybridized carbons (Fsp3) is 0.571. The number of rotatable bonds is 6. The second-order valence-corrected chi connectivity index (χ2v) is 3.31. The van der Waals surface area contributed by atoms with Gasteiger partial charge < -0.3 is 14.3 Å². The molecule has 1 N–H and O–H groups in total. The number of hydrogen-bond acceptors (Lipinski definition) is 6. The molecule has 0 bridgehead atoms. The van der Waals surface area contributed by atoms with E-state index in [0.717, 1.165) is 11.8 Å². The molecular formula is C7H10N2O4S. The molecular weight excluding hydrogens is 208 g/mol. The van der Waals surface area contributed by atoms with Crippen LogP contribution in [0.5, 0.6) is 0 Å². The third-order valence-electron chi connectivity index (χ3n) is 1.29. The van der Waals surface area contributed by atoms with Crippen LogP contribution in [-0.4, -0.2) is 40.7 Å². The average molecular weight is 218 g/mol. The zero-order chi connectivity index (χ0) is 10.4. The lowest BCUT2D eigenvalue weighted by Gasteiger charge is -1.91. The van der Waals surface area contributed by atoms with Gasteiger partial charge in [0.25, 0.3) is 5.22 Å². The highest BCUT2D eigenvalue weighted by Crippen LogP contribution is 2.15. The van der Waals surface area contributed by atoms with E-state index in [0.29, 0.717) is 18.9 Å². The molecule has 0 fully saturated rings. The van der Waals surface area contributed by atoms with Gasteiger partial charge in [0.2, 0.25) is 5.89 Å². The van der Waals surface area contributed by atoms with Crippen LogP contribution in [0.2, 0.25) is 0 Å². The van der Waals surface area contributed by atoms with Crippen molar-refractivity contribution in [2.45, 2.75) is 11.6 Å². The van der Waals surface area contributed by atoms with Crippen molar-refractivity contribution in [3.05, 3.63) is 5.89 Å². The number of thioether (sulfide) groups is 1. The molecule has 0 spiro atoms. The Hall–Kier alpha value is -1.08. The van der Waals surface area contributed by atoms with Gasteiger partial charge in [-0.2, -0.15) is 0 Å². The van der Waals surface area contributed by atoms with Crippen molar-refractivity contribution in [3.63, 3.8) is 0 Å². The summed E-state index contributed by atoms with van der Waals surface area (Å²) in [6.07, 6.45) is 0.539. The number of methoxy groups -OCH3 is 1. The van der Waals surface area contributed by atoms with E-state index in [4.69, 9.17) is 14.3 Å². The topological polar surface area (TPSA) is 85.5 Å². The molecule has 0 radical (unpaired) electrons. The molecule has 0 aliphatic rings. The third kappa shape index (κ3) is 3.75. The van der Waals surface area contributed by atoms with Crippen LogP contribution in [0.25, 0.3) is 0 Å². The summed E-state index contributed by atoms with van der Waals surface area (Å²) in [5, 5.41) is 16.1. The number of carboxylic acid groups (broad SMARTS) is 1. The Labute approximate surface area is 84.7 Å². The fourth-order valence-corrected chi connectivity index (χ4v) is 1.21. The van der Waals surface area contributed by atoms with E-state index >= 15 is 0 Å². The van der Waals surface area contributed by atoms with Crippen molar-refractivity contribution in [3.8, 4) is 0 Å². The van der Waals surface area contributed by atoms with Crippen LogP contribution in [0.1, 0.15) is 5.89 Å². The summed E-state index contributed by atoms with van der Waals surface area (Å²) < 4.78 is 9.96. The lowest BCUT2D eigenvalue weighted by molar-refractivity contribution is -0.133. The van der Waals surface area contributed by atoms with Gasteiger partial charge >= 0.3 is 5.97 Å². The second-order valence-electron chi connectivity index (χ2n) is 2.39. The van der Waals surface area contributed by atoms with E-state index in [1.165, 1.54) is 0 Å². The molecule has 14 heavy (non-hydrogen) atoms. The lowest BCUT2D eigenvalue weighted by atomic mass is 10.5. The van der Waals surface area contributed by atoms with E-state index in [9.17, 15) is 4.79 Å². The molecule has 0 aromatic carbocycles. The van der Waals surface area contributed by atoms with Gasteiger partial charge in [0.05, 0.1) is 6.61 Å². The number of carbonyl (C=O) groups is 1. The monoisotopic (exact) mass is 218 g/mol. The van der Waals surface area contributed by atoms with Crippen LogP contribution in [0.3, 0.4) is 0 Å². The molecule has 1 aromatic rings. The molecule has 1 rings (SSSR count). The van der Waals surface area contributed by atoms with E-state index in [-0.39, 0.29) is 11.0 Å². The fourth-order valence-electron chi connectivity index (χ4n) is 0.710. The standard InChI is InChI=1S/C7H10N2O4S/c1-12-3-2-5-8-9-7(13-5)14-4-6(10)11/h2-4H2,1H3,(H,10,11). The Morgan fingerprint density at radius 3 is 3.07 bits per heavy atom. The first-order valence-corrected chi connectivity index (χ1v) is 4.87. The molecule has 0 aliphatic carbocycles. The van der Waals surface area contributed by atoms with Crippen LogP contribution in [0, 0.1) is 0 Å². The first-order chi connectivity index (χ1) is 6.72. The van der Waals surface area contributed by atoms with Crippen molar-refractivity contribution in [1.29, 1.82) is 0 Å². The minimum absolute atomic E-state index is 0.0775. The molecule has 0 atom stereocenters. The Bertz CT molecular complexity index is 302. The number of aliphatic carboxylic acids is 1. The minimum atomic E-state index is -0.911. The van der Waals surface area contributed by atoms with Crippen LogP contribution >= 0.6 is 11.8 Å². The second kappa shape index (κ2) is 5.61. The summed E-state index contributed by atoms with van der Waals surface area (Å²) >= 11 is 1.00. The highest BCUT2D eigenvalue weighted by Gasteiger charge is 2.08. The molecule has 0 amide bonds. The zero-order valence-corrected chi connectivity index (χ0v) is 8.41. The summed E-state index contributed by atoms with van der Waals surface area (Å²) in [7, 11) is 1.58. The summed E-state index contributed by atoms with van der Waals surface area (Å²) in [6.45, 7) is 0.505. The van der Waals surface area contributed by atoms with Crippen molar-refractivity contribution in [2.24, 2.45) is 0 Å². The molecule has 1 aromatic heterocycles. The maximum atomic E-state index is 10.2. The lowest BCUT2D eigenvalue weighted by Crippen LogP contribution is -1.97. The van der Waals surface area contributed by atoms with E-state index in [1.54, 1.807) is 7.11 Å². The first kappa shape index (κ1) is 11.0. The third-order valence-corrected chi connectivity index (χ3v) is 2.09. The van der Waals surface area contributed by atoms with E-state index in [2.05, 4.69) is 10.2 Å². The molecule has 0 saturated carbocycles. The smallest absolute Gasteiger partial charge is 0.314 e. The summed E-state index contributed by atoms with van der Waals surface area (Å²) in [5.41, 5.74) is 0. The Kier molecular flexibility index (Phi) is 4.41. The van der Waals surface area contributed by atoms with E-state index < -0.39 is 5.97 Å². The quantitative estimate of drug-likeness (QED) is 0.693. The predicted molar refractivity (Wildman–Crippen MR) is 48.2 cm³/mol. The summed E-state index contributed by atoms with van der Waals surface area (Å²) in [5.74, 6) is -0.530. The van der Waals surface area contributed by atoms with Gasteiger partial charge in [0, 0.05) is 13.5 Å². The minimum Gasteiger partial charge on any atom is -0.481 e. The van der Waals surface area contributed by atoms with Crippen LogP contribution in [0.4, 0.5) is 0 Å². The van der Waals surface area contributed by atoms with Gasteiger partial charge in [-0.25, -0.2) is 0 Å². The number of hydrogen-bond donors (Lipinski definition) is 1. The molecule has 78 valence electrons. The molecule has 0 aliphatic heterocycles. The zero-order valence-electron chi connectivity index (χ0n) is 7.60. The van der Waals surface area contributed by atoms with Gasteiger partial charge in [-0.05, 0) is 0 Å².